The van der Waals surface area contributed by atoms with Crippen LogP contribution in [0.15, 0.2) is 66.7 Å². The zero-order chi connectivity index (χ0) is 23.8. The fourth-order valence-corrected chi connectivity index (χ4v) is 3.03. The fraction of sp³-hybridized carbons (Fsp3) is 0.160. The number of ether oxygens (including phenoxy) is 4. The lowest BCUT2D eigenvalue weighted by Crippen LogP contribution is -2.14. The van der Waals surface area contributed by atoms with E-state index in [0.29, 0.717) is 17.2 Å². The average Bonchev–Trinajstić information content (AvgIpc) is 2.84. The normalized spacial score (nSPS) is 10.2. The highest BCUT2D eigenvalue weighted by Gasteiger charge is 2.19. The van der Waals surface area contributed by atoms with Gasteiger partial charge in [-0.15, -0.1) is 0 Å². The zero-order valence-electron chi connectivity index (χ0n) is 18.4. The summed E-state index contributed by atoms with van der Waals surface area (Å²) in [5, 5.41) is 2.83. The van der Waals surface area contributed by atoms with E-state index in [0.717, 1.165) is 11.3 Å². The number of carbonyl (C=O) groups excluding carboxylic acids is 3. The lowest BCUT2D eigenvalue weighted by molar-refractivity contribution is -0.115. The van der Waals surface area contributed by atoms with Crippen LogP contribution in [0.2, 0.25) is 0 Å². The van der Waals surface area contributed by atoms with Gasteiger partial charge in [0.15, 0.2) is 0 Å². The molecule has 0 atom stereocenters. The van der Waals surface area contributed by atoms with E-state index in [-0.39, 0.29) is 23.5 Å². The van der Waals surface area contributed by atoms with E-state index >= 15 is 0 Å². The number of methoxy groups -OCH3 is 3. The van der Waals surface area contributed by atoms with Gasteiger partial charge in [-0.25, -0.2) is 9.59 Å². The molecule has 0 spiro atoms. The molecule has 0 aromatic heterocycles. The molecule has 0 aliphatic rings. The summed E-state index contributed by atoms with van der Waals surface area (Å²) in [6, 6.07) is 18.4. The Morgan fingerprint density at radius 1 is 0.697 bits per heavy atom. The summed E-state index contributed by atoms with van der Waals surface area (Å²) in [5.41, 5.74) is 1.58. The summed E-state index contributed by atoms with van der Waals surface area (Å²) in [7, 11) is 4.04. The molecule has 33 heavy (non-hydrogen) atoms. The summed E-state index contributed by atoms with van der Waals surface area (Å²) >= 11 is 0. The van der Waals surface area contributed by atoms with Gasteiger partial charge < -0.3 is 24.3 Å². The maximum Gasteiger partial charge on any atom is 0.338 e. The number of nitrogens with one attached hydrogen (secondary N) is 1. The highest BCUT2D eigenvalue weighted by molar-refractivity contribution is 6.03. The molecule has 0 saturated heterocycles. The second-order valence-electron chi connectivity index (χ2n) is 6.89. The Morgan fingerprint density at radius 3 is 1.88 bits per heavy atom. The molecule has 0 aliphatic carbocycles. The van der Waals surface area contributed by atoms with Gasteiger partial charge in [0.2, 0.25) is 5.91 Å². The first kappa shape index (κ1) is 23.3. The molecule has 0 aliphatic heterocycles. The Hall–Kier alpha value is -4.33. The third-order valence-corrected chi connectivity index (χ3v) is 4.70. The molecule has 1 amide bonds. The van der Waals surface area contributed by atoms with Crippen LogP contribution in [0.1, 0.15) is 26.3 Å². The number of rotatable bonds is 8. The lowest BCUT2D eigenvalue weighted by Gasteiger charge is -2.11. The minimum absolute atomic E-state index is 0.0317. The Kier molecular flexibility index (Phi) is 7.64. The van der Waals surface area contributed by atoms with Crippen molar-refractivity contribution in [3.05, 3.63) is 83.4 Å². The molecule has 8 nitrogen and oxygen atoms in total. The molecule has 0 radical (unpaired) electrons. The van der Waals surface area contributed by atoms with Crippen molar-refractivity contribution in [2.45, 2.75) is 6.42 Å². The Morgan fingerprint density at radius 2 is 1.27 bits per heavy atom. The number of hydrogen-bond acceptors (Lipinski definition) is 7. The van der Waals surface area contributed by atoms with Crippen molar-refractivity contribution in [3.63, 3.8) is 0 Å². The minimum Gasteiger partial charge on any atom is -0.497 e. The summed E-state index contributed by atoms with van der Waals surface area (Å²) in [5.74, 6) is 0.0416. The van der Waals surface area contributed by atoms with Gasteiger partial charge in [0.25, 0.3) is 0 Å². The SMILES string of the molecule is COC(=O)c1ccc(Oc2ccc(NC(=O)Cc3ccc(OC)cc3)cc2)cc1C(=O)OC. The number of anilines is 1. The Bertz CT molecular complexity index is 1140. The molecule has 3 aromatic carbocycles. The van der Waals surface area contributed by atoms with Gasteiger partial charge in [-0.05, 0) is 60.2 Å². The van der Waals surface area contributed by atoms with Crippen LogP contribution in [0, 0.1) is 0 Å². The van der Waals surface area contributed by atoms with Crippen LogP contribution < -0.4 is 14.8 Å². The highest BCUT2D eigenvalue weighted by atomic mass is 16.5. The second-order valence-corrected chi connectivity index (χ2v) is 6.89. The van der Waals surface area contributed by atoms with Gasteiger partial charge in [-0.1, -0.05) is 12.1 Å². The van der Waals surface area contributed by atoms with Crippen LogP contribution in [0.3, 0.4) is 0 Å². The maximum atomic E-state index is 12.3. The molecule has 3 aromatic rings. The third-order valence-electron chi connectivity index (χ3n) is 4.70. The average molecular weight is 449 g/mol. The summed E-state index contributed by atoms with van der Waals surface area (Å²) in [4.78, 5) is 36.2. The monoisotopic (exact) mass is 449 g/mol. The van der Waals surface area contributed by atoms with E-state index in [4.69, 9.17) is 18.9 Å². The highest BCUT2D eigenvalue weighted by Crippen LogP contribution is 2.26. The van der Waals surface area contributed by atoms with Crippen LogP contribution in [-0.4, -0.2) is 39.2 Å². The first-order valence-electron chi connectivity index (χ1n) is 9.95. The third kappa shape index (κ3) is 6.10. The van der Waals surface area contributed by atoms with Gasteiger partial charge in [-0.3, -0.25) is 4.79 Å². The Balaban J connectivity index is 1.65. The topological polar surface area (TPSA) is 100 Å². The number of amides is 1. The van der Waals surface area contributed by atoms with Crippen LogP contribution in [0.5, 0.6) is 17.2 Å². The van der Waals surface area contributed by atoms with Crippen molar-refractivity contribution < 1.29 is 33.3 Å². The zero-order valence-corrected chi connectivity index (χ0v) is 18.4. The van der Waals surface area contributed by atoms with Crippen molar-refractivity contribution in [1.29, 1.82) is 0 Å². The number of esters is 2. The van der Waals surface area contributed by atoms with Crippen molar-refractivity contribution in [2.24, 2.45) is 0 Å². The summed E-state index contributed by atoms with van der Waals surface area (Å²) in [6.07, 6.45) is 0.227. The number of hydrogen-bond donors (Lipinski definition) is 1. The van der Waals surface area contributed by atoms with Gasteiger partial charge in [0.1, 0.15) is 17.2 Å². The smallest absolute Gasteiger partial charge is 0.338 e. The van der Waals surface area contributed by atoms with E-state index in [1.165, 1.54) is 26.4 Å². The largest absolute Gasteiger partial charge is 0.497 e. The van der Waals surface area contributed by atoms with Gasteiger partial charge in [-0.2, -0.15) is 0 Å². The molecule has 0 saturated carbocycles. The van der Waals surface area contributed by atoms with E-state index in [1.807, 2.05) is 12.1 Å². The van der Waals surface area contributed by atoms with Crippen LogP contribution in [0.4, 0.5) is 5.69 Å². The Labute approximate surface area is 191 Å². The molecule has 0 fully saturated rings. The molecular weight excluding hydrogens is 426 g/mol. The molecule has 170 valence electrons. The summed E-state index contributed by atoms with van der Waals surface area (Å²) in [6.45, 7) is 0. The molecule has 0 bridgehead atoms. The van der Waals surface area contributed by atoms with Gasteiger partial charge in [0.05, 0.1) is 38.9 Å². The predicted molar refractivity (Wildman–Crippen MR) is 121 cm³/mol. The molecule has 8 heteroatoms. The maximum absolute atomic E-state index is 12.3. The minimum atomic E-state index is -0.684. The predicted octanol–water partition coefficient (Wildman–Crippen LogP) is 4.24. The first-order chi connectivity index (χ1) is 15.9. The fourth-order valence-electron chi connectivity index (χ4n) is 3.03. The van der Waals surface area contributed by atoms with E-state index in [1.54, 1.807) is 49.6 Å². The van der Waals surface area contributed by atoms with Gasteiger partial charge in [0, 0.05) is 5.69 Å². The first-order valence-corrected chi connectivity index (χ1v) is 9.95. The molecule has 1 N–H and O–H groups in total. The van der Waals surface area contributed by atoms with Crippen molar-refractivity contribution in [2.75, 3.05) is 26.6 Å². The molecule has 3 rings (SSSR count). The van der Waals surface area contributed by atoms with Crippen LogP contribution in [0.25, 0.3) is 0 Å². The van der Waals surface area contributed by atoms with Crippen molar-refractivity contribution in [3.8, 4) is 17.2 Å². The van der Waals surface area contributed by atoms with Crippen molar-refractivity contribution >= 4 is 23.5 Å². The van der Waals surface area contributed by atoms with Crippen LogP contribution >= 0.6 is 0 Å². The van der Waals surface area contributed by atoms with Crippen molar-refractivity contribution in [1.82, 2.24) is 0 Å². The number of benzene rings is 3. The van der Waals surface area contributed by atoms with Gasteiger partial charge >= 0.3 is 11.9 Å². The molecule has 0 unspecified atom stereocenters. The summed E-state index contributed by atoms with van der Waals surface area (Å²) < 4.78 is 20.3. The standard InChI is InChI=1S/C25H23NO7/c1-30-18-8-4-16(5-9-18)14-23(27)26-17-6-10-19(11-7-17)33-20-12-13-21(24(28)31-2)22(15-20)25(29)32-3/h4-13,15H,14H2,1-3H3,(H,26,27). The molecule has 0 heterocycles. The van der Waals surface area contributed by atoms with E-state index in [9.17, 15) is 14.4 Å². The van der Waals surface area contributed by atoms with E-state index in [2.05, 4.69) is 5.32 Å². The van der Waals surface area contributed by atoms with E-state index < -0.39 is 11.9 Å². The quantitative estimate of drug-likeness (QED) is 0.513. The van der Waals surface area contributed by atoms with Crippen LogP contribution in [-0.2, 0) is 20.7 Å². The number of carbonyl (C=O) groups is 3. The second kappa shape index (κ2) is 10.8. The lowest BCUT2D eigenvalue weighted by atomic mass is 10.1. The molecular formula is C25H23NO7.